The van der Waals surface area contributed by atoms with Gasteiger partial charge in [-0.15, -0.1) is 0 Å². The number of rotatable bonds is 6. The molecule has 0 saturated heterocycles. The van der Waals surface area contributed by atoms with Gasteiger partial charge in [0.2, 0.25) is 6.41 Å². The van der Waals surface area contributed by atoms with Gasteiger partial charge < -0.3 is 19.9 Å². The molecule has 2 unspecified atom stereocenters. The summed E-state index contributed by atoms with van der Waals surface area (Å²) < 4.78 is 10.9. The molecule has 0 aromatic carbocycles. The second-order valence-corrected chi connectivity index (χ2v) is 5.92. The normalized spacial score (nSPS) is 15.9. The minimum Gasteiger partial charge on any atom is -0.479 e. The van der Waals surface area contributed by atoms with E-state index in [0.29, 0.717) is 6.41 Å². The summed E-state index contributed by atoms with van der Waals surface area (Å²) in [6.45, 7) is 10.5. The third-order valence-corrected chi connectivity index (χ3v) is 1.71. The highest BCUT2D eigenvalue weighted by molar-refractivity contribution is 5.73. The Hall–Kier alpha value is -1.14. The quantitative estimate of drug-likeness (QED) is 0.553. The number of carboxylic acid groups (broad SMARTS) is 1. The van der Waals surface area contributed by atoms with Gasteiger partial charge in [0.05, 0.1) is 11.2 Å². The van der Waals surface area contributed by atoms with Gasteiger partial charge in [0.1, 0.15) is 0 Å². The molecule has 106 valence electrons. The molecule has 0 aliphatic carbocycles. The first kappa shape index (κ1) is 16.9. The summed E-state index contributed by atoms with van der Waals surface area (Å²) in [6.07, 6.45) is -1.91. The third kappa shape index (κ3) is 7.24. The summed E-state index contributed by atoms with van der Waals surface area (Å²) in [5, 5.41) is 11.5. The van der Waals surface area contributed by atoms with Crippen LogP contribution < -0.4 is 5.32 Å². The summed E-state index contributed by atoms with van der Waals surface area (Å²) in [5.41, 5.74) is -1.26. The van der Waals surface area contributed by atoms with E-state index in [1.807, 2.05) is 0 Å². The zero-order valence-corrected chi connectivity index (χ0v) is 11.8. The molecule has 0 heterocycles. The van der Waals surface area contributed by atoms with Crippen LogP contribution in [0.1, 0.15) is 41.5 Å². The topological polar surface area (TPSA) is 84.9 Å². The number of hydrogen-bond donors (Lipinski definition) is 2. The number of hydrogen-bond acceptors (Lipinski definition) is 4. The van der Waals surface area contributed by atoms with Crippen LogP contribution in [0.3, 0.4) is 0 Å². The van der Waals surface area contributed by atoms with Gasteiger partial charge >= 0.3 is 5.97 Å². The van der Waals surface area contributed by atoms with Crippen LogP contribution in [-0.4, -0.2) is 41.0 Å². The Morgan fingerprint density at radius 3 is 1.83 bits per heavy atom. The molecule has 18 heavy (non-hydrogen) atoms. The van der Waals surface area contributed by atoms with Crippen molar-refractivity contribution in [2.45, 2.75) is 65.1 Å². The molecule has 0 radical (unpaired) electrons. The zero-order valence-electron chi connectivity index (χ0n) is 11.8. The lowest BCUT2D eigenvalue weighted by Gasteiger charge is -2.33. The number of carbonyl (C=O) groups is 2. The molecule has 0 bridgehead atoms. The zero-order chi connectivity index (χ0) is 14.6. The molecular formula is C12H23NO5. The second-order valence-electron chi connectivity index (χ2n) is 5.92. The molecule has 0 aromatic heterocycles. The SMILES string of the molecule is CC(C)(C)OC(NC=O)C(OC(C)(C)C)C(=O)O. The van der Waals surface area contributed by atoms with Crippen molar-refractivity contribution in [3.63, 3.8) is 0 Å². The van der Waals surface area contributed by atoms with Gasteiger partial charge in [-0.2, -0.15) is 0 Å². The van der Waals surface area contributed by atoms with Crippen LogP contribution in [0, 0.1) is 0 Å². The third-order valence-electron chi connectivity index (χ3n) is 1.71. The van der Waals surface area contributed by atoms with E-state index in [2.05, 4.69) is 5.32 Å². The first-order valence-corrected chi connectivity index (χ1v) is 5.74. The minimum atomic E-state index is -1.27. The Labute approximate surface area is 108 Å². The van der Waals surface area contributed by atoms with Gasteiger partial charge in [0.25, 0.3) is 0 Å². The van der Waals surface area contributed by atoms with E-state index in [1.165, 1.54) is 0 Å². The molecule has 1 amide bonds. The lowest BCUT2D eigenvalue weighted by molar-refractivity contribution is -0.194. The van der Waals surface area contributed by atoms with Crippen LogP contribution in [0.5, 0.6) is 0 Å². The maximum atomic E-state index is 11.2. The molecule has 0 fully saturated rings. The number of nitrogens with one attached hydrogen (secondary N) is 1. The molecule has 0 saturated carbocycles. The fourth-order valence-electron chi connectivity index (χ4n) is 1.25. The highest BCUT2D eigenvalue weighted by Crippen LogP contribution is 2.18. The summed E-state index contributed by atoms with van der Waals surface area (Å²) >= 11 is 0. The summed E-state index contributed by atoms with van der Waals surface area (Å²) in [4.78, 5) is 21.8. The minimum absolute atomic E-state index is 0.401. The molecular weight excluding hydrogens is 238 g/mol. The monoisotopic (exact) mass is 261 g/mol. The van der Waals surface area contributed by atoms with Crippen LogP contribution in [-0.2, 0) is 19.1 Å². The van der Waals surface area contributed by atoms with Crippen molar-refractivity contribution in [1.29, 1.82) is 0 Å². The summed E-state index contributed by atoms with van der Waals surface area (Å²) in [6, 6.07) is 0. The molecule has 2 atom stereocenters. The Kier molecular flexibility index (Phi) is 5.76. The van der Waals surface area contributed by atoms with E-state index < -0.39 is 29.5 Å². The molecule has 0 aromatic rings. The molecule has 0 aliphatic rings. The van der Waals surface area contributed by atoms with Crippen LogP contribution in [0.4, 0.5) is 0 Å². The maximum absolute atomic E-state index is 11.2. The predicted octanol–water partition coefficient (Wildman–Crippen LogP) is 1.14. The van der Waals surface area contributed by atoms with Crippen molar-refractivity contribution in [1.82, 2.24) is 5.32 Å². The van der Waals surface area contributed by atoms with Crippen molar-refractivity contribution in [3.8, 4) is 0 Å². The Morgan fingerprint density at radius 1 is 1.11 bits per heavy atom. The number of amides is 1. The maximum Gasteiger partial charge on any atom is 0.337 e. The number of carbonyl (C=O) groups excluding carboxylic acids is 1. The molecule has 0 aliphatic heterocycles. The van der Waals surface area contributed by atoms with Crippen LogP contribution in [0.15, 0.2) is 0 Å². The van der Waals surface area contributed by atoms with Crippen molar-refractivity contribution >= 4 is 12.4 Å². The van der Waals surface area contributed by atoms with Crippen molar-refractivity contribution < 1.29 is 24.2 Å². The smallest absolute Gasteiger partial charge is 0.337 e. The van der Waals surface area contributed by atoms with Gasteiger partial charge in [-0.25, -0.2) is 4.79 Å². The van der Waals surface area contributed by atoms with E-state index >= 15 is 0 Å². The van der Waals surface area contributed by atoms with E-state index in [1.54, 1.807) is 41.5 Å². The molecule has 6 nitrogen and oxygen atoms in total. The van der Waals surface area contributed by atoms with Crippen LogP contribution in [0.2, 0.25) is 0 Å². The molecule has 0 spiro atoms. The largest absolute Gasteiger partial charge is 0.479 e. The number of carboxylic acids is 1. The predicted molar refractivity (Wildman–Crippen MR) is 66.1 cm³/mol. The summed E-state index contributed by atoms with van der Waals surface area (Å²) in [7, 11) is 0. The highest BCUT2D eigenvalue weighted by Gasteiger charge is 2.35. The fraction of sp³-hybridized carbons (Fsp3) is 0.833. The summed E-state index contributed by atoms with van der Waals surface area (Å²) in [5.74, 6) is -1.19. The van der Waals surface area contributed by atoms with Crippen molar-refractivity contribution in [2.24, 2.45) is 0 Å². The average molecular weight is 261 g/mol. The Bertz CT molecular complexity index is 290. The Balaban J connectivity index is 4.99. The first-order valence-electron chi connectivity index (χ1n) is 5.74. The van der Waals surface area contributed by atoms with E-state index in [4.69, 9.17) is 14.6 Å². The highest BCUT2D eigenvalue weighted by atomic mass is 16.6. The van der Waals surface area contributed by atoms with Gasteiger partial charge in [-0.05, 0) is 41.5 Å². The van der Waals surface area contributed by atoms with Crippen LogP contribution in [0.25, 0.3) is 0 Å². The second kappa shape index (κ2) is 6.15. The molecule has 0 rings (SSSR count). The number of ether oxygens (including phenoxy) is 2. The lowest BCUT2D eigenvalue weighted by atomic mass is 10.1. The van der Waals surface area contributed by atoms with E-state index in [9.17, 15) is 9.59 Å². The standard InChI is InChI=1S/C12H23NO5/c1-11(2,3)17-8(10(15)16)9(13-7-14)18-12(4,5)6/h7-9H,1-6H3,(H,13,14)(H,15,16). The first-order chi connectivity index (χ1) is 7.96. The van der Waals surface area contributed by atoms with Crippen molar-refractivity contribution in [3.05, 3.63) is 0 Å². The van der Waals surface area contributed by atoms with Crippen molar-refractivity contribution in [2.75, 3.05) is 0 Å². The molecule has 6 heteroatoms. The Morgan fingerprint density at radius 2 is 1.56 bits per heavy atom. The van der Waals surface area contributed by atoms with Gasteiger partial charge in [-0.1, -0.05) is 0 Å². The molecule has 2 N–H and O–H groups in total. The lowest BCUT2D eigenvalue weighted by Crippen LogP contribution is -2.52. The van der Waals surface area contributed by atoms with Gasteiger partial charge in [0.15, 0.2) is 12.3 Å². The van der Waals surface area contributed by atoms with Gasteiger partial charge in [0, 0.05) is 0 Å². The fourth-order valence-corrected chi connectivity index (χ4v) is 1.25. The number of aliphatic carboxylic acids is 1. The van der Waals surface area contributed by atoms with Crippen LogP contribution >= 0.6 is 0 Å². The van der Waals surface area contributed by atoms with Gasteiger partial charge in [-0.3, -0.25) is 4.79 Å². The average Bonchev–Trinajstić information content (AvgIpc) is 2.09. The van der Waals surface area contributed by atoms with E-state index in [-0.39, 0.29) is 0 Å². The van der Waals surface area contributed by atoms with E-state index in [0.717, 1.165) is 0 Å².